The minimum atomic E-state index is 0.317. The van der Waals surface area contributed by atoms with E-state index in [4.69, 9.17) is 5.73 Å². The van der Waals surface area contributed by atoms with Crippen LogP contribution in [0.4, 0.5) is 0 Å². The van der Waals surface area contributed by atoms with Gasteiger partial charge in [-0.3, -0.25) is 0 Å². The number of nitrogens with one attached hydrogen (secondary N) is 1. The van der Waals surface area contributed by atoms with E-state index in [1.54, 1.807) is 0 Å². The fourth-order valence-electron chi connectivity index (χ4n) is 2.17. The first-order chi connectivity index (χ1) is 7.75. The zero-order chi connectivity index (χ0) is 11.4. The second-order valence-electron chi connectivity index (χ2n) is 4.42. The van der Waals surface area contributed by atoms with Gasteiger partial charge in [0.1, 0.15) is 4.60 Å². The Morgan fingerprint density at radius 1 is 1.38 bits per heavy atom. The molecule has 1 aliphatic carbocycles. The first kappa shape index (κ1) is 12.0. The molecule has 88 valence electrons. The Bertz CT molecular complexity index is 326. The van der Waals surface area contributed by atoms with Crippen LogP contribution in [-0.4, -0.2) is 17.1 Å². The highest BCUT2D eigenvalue weighted by Gasteiger charge is 2.20. The Morgan fingerprint density at radius 2 is 2.19 bits per heavy atom. The molecular weight excluding hydrogens is 266 g/mol. The van der Waals surface area contributed by atoms with Crippen molar-refractivity contribution in [2.45, 2.75) is 44.3 Å². The monoisotopic (exact) mass is 283 g/mol. The number of nitrogens with two attached hydrogens (primary N) is 1. The fourth-order valence-corrected chi connectivity index (χ4v) is 2.41. The van der Waals surface area contributed by atoms with E-state index in [2.05, 4.69) is 32.3 Å². The summed E-state index contributed by atoms with van der Waals surface area (Å²) in [6.07, 6.45) is 6.82. The molecule has 0 amide bonds. The normalized spacial score (nSPS) is 25.6. The van der Waals surface area contributed by atoms with Crippen molar-refractivity contribution in [3.63, 3.8) is 0 Å². The van der Waals surface area contributed by atoms with Crippen LogP contribution in [0.2, 0.25) is 0 Å². The van der Waals surface area contributed by atoms with Crippen molar-refractivity contribution in [3.05, 3.63) is 28.5 Å². The molecule has 2 rings (SSSR count). The van der Waals surface area contributed by atoms with Crippen LogP contribution in [0.5, 0.6) is 0 Å². The van der Waals surface area contributed by atoms with Crippen LogP contribution in [0.3, 0.4) is 0 Å². The molecule has 1 fully saturated rings. The molecule has 0 bridgehead atoms. The molecular formula is C12H18BrN3. The summed E-state index contributed by atoms with van der Waals surface area (Å²) < 4.78 is 0.880. The summed E-state index contributed by atoms with van der Waals surface area (Å²) in [5.74, 6) is 0. The number of halogens is 1. The topological polar surface area (TPSA) is 50.9 Å². The number of hydrogen-bond donors (Lipinski definition) is 2. The van der Waals surface area contributed by atoms with E-state index in [1.165, 1.54) is 24.8 Å². The standard InChI is InChI=1S/C12H18BrN3/c13-12-6-5-9(8-16-12)7-15-11-4-2-1-3-10(11)14/h5-6,8,10-11,15H,1-4,7,14H2/t10-,11-/m1/s1. The Morgan fingerprint density at radius 3 is 2.88 bits per heavy atom. The molecule has 4 heteroatoms. The molecule has 0 aromatic carbocycles. The van der Waals surface area contributed by atoms with Gasteiger partial charge in [-0.2, -0.15) is 0 Å². The minimum absolute atomic E-state index is 0.317. The third-order valence-corrected chi connectivity index (χ3v) is 3.65. The smallest absolute Gasteiger partial charge is 0.106 e. The lowest BCUT2D eigenvalue weighted by molar-refractivity contribution is 0.326. The molecule has 2 atom stereocenters. The minimum Gasteiger partial charge on any atom is -0.326 e. The second kappa shape index (κ2) is 5.75. The van der Waals surface area contributed by atoms with Gasteiger partial charge in [0.25, 0.3) is 0 Å². The van der Waals surface area contributed by atoms with Gasteiger partial charge in [-0.05, 0) is 40.4 Å². The summed E-state index contributed by atoms with van der Waals surface area (Å²) >= 11 is 3.33. The van der Waals surface area contributed by atoms with E-state index in [-0.39, 0.29) is 0 Å². The summed E-state index contributed by atoms with van der Waals surface area (Å²) in [5.41, 5.74) is 7.29. The largest absolute Gasteiger partial charge is 0.326 e. The van der Waals surface area contributed by atoms with E-state index < -0.39 is 0 Å². The van der Waals surface area contributed by atoms with Crippen molar-refractivity contribution in [2.24, 2.45) is 5.73 Å². The van der Waals surface area contributed by atoms with Gasteiger partial charge in [-0.25, -0.2) is 4.98 Å². The molecule has 1 aromatic heterocycles. The average molecular weight is 284 g/mol. The fraction of sp³-hybridized carbons (Fsp3) is 0.583. The molecule has 3 N–H and O–H groups in total. The van der Waals surface area contributed by atoms with E-state index in [9.17, 15) is 0 Å². The maximum Gasteiger partial charge on any atom is 0.106 e. The summed E-state index contributed by atoms with van der Waals surface area (Å²) in [5, 5.41) is 3.53. The van der Waals surface area contributed by atoms with Gasteiger partial charge in [0, 0.05) is 24.8 Å². The van der Waals surface area contributed by atoms with Crippen LogP contribution in [-0.2, 0) is 6.54 Å². The van der Waals surface area contributed by atoms with Gasteiger partial charge in [-0.1, -0.05) is 18.9 Å². The Balaban J connectivity index is 1.84. The van der Waals surface area contributed by atoms with Gasteiger partial charge in [0.2, 0.25) is 0 Å². The maximum absolute atomic E-state index is 6.08. The number of hydrogen-bond acceptors (Lipinski definition) is 3. The summed E-state index contributed by atoms with van der Waals surface area (Å²) in [7, 11) is 0. The van der Waals surface area contributed by atoms with Crippen molar-refractivity contribution >= 4 is 15.9 Å². The second-order valence-corrected chi connectivity index (χ2v) is 5.24. The van der Waals surface area contributed by atoms with Crippen LogP contribution in [0, 0.1) is 0 Å². The third kappa shape index (κ3) is 3.27. The molecule has 0 saturated heterocycles. The SMILES string of the molecule is N[C@@H]1CCCC[C@H]1NCc1ccc(Br)nc1. The van der Waals surface area contributed by atoms with Crippen LogP contribution in [0.25, 0.3) is 0 Å². The number of nitrogens with zero attached hydrogens (tertiary/aromatic N) is 1. The molecule has 0 aliphatic heterocycles. The van der Waals surface area contributed by atoms with E-state index >= 15 is 0 Å². The molecule has 1 heterocycles. The van der Waals surface area contributed by atoms with Crippen molar-refractivity contribution in [2.75, 3.05) is 0 Å². The molecule has 0 spiro atoms. The Hall–Kier alpha value is -0.450. The van der Waals surface area contributed by atoms with E-state index in [0.29, 0.717) is 12.1 Å². The van der Waals surface area contributed by atoms with Gasteiger partial charge < -0.3 is 11.1 Å². The quantitative estimate of drug-likeness (QED) is 0.837. The predicted molar refractivity (Wildman–Crippen MR) is 69.0 cm³/mol. The zero-order valence-corrected chi connectivity index (χ0v) is 10.9. The highest BCUT2D eigenvalue weighted by atomic mass is 79.9. The lowest BCUT2D eigenvalue weighted by Crippen LogP contribution is -2.46. The molecule has 16 heavy (non-hydrogen) atoms. The van der Waals surface area contributed by atoms with Gasteiger partial charge in [-0.15, -0.1) is 0 Å². The average Bonchev–Trinajstić information content (AvgIpc) is 2.30. The maximum atomic E-state index is 6.08. The molecule has 1 saturated carbocycles. The van der Waals surface area contributed by atoms with Gasteiger partial charge in [0.15, 0.2) is 0 Å². The molecule has 0 radical (unpaired) electrons. The molecule has 0 unspecified atom stereocenters. The van der Waals surface area contributed by atoms with Gasteiger partial charge >= 0.3 is 0 Å². The van der Waals surface area contributed by atoms with Crippen LogP contribution in [0.15, 0.2) is 22.9 Å². The van der Waals surface area contributed by atoms with Crippen LogP contribution >= 0.6 is 15.9 Å². The van der Waals surface area contributed by atoms with Crippen LogP contribution in [0.1, 0.15) is 31.2 Å². The lowest BCUT2D eigenvalue weighted by atomic mass is 9.91. The predicted octanol–water partition coefficient (Wildman–Crippen LogP) is 2.20. The van der Waals surface area contributed by atoms with Gasteiger partial charge in [0.05, 0.1) is 0 Å². The highest BCUT2D eigenvalue weighted by molar-refractivity contribution is 9.10. The van der Waals surface area contributed by atoms with E-state index in [0.717, 1.165) is 17.6 Å². The van der Waals surface area contributed by atoms with E-state index in [1.807, 2.05) is 12.3 Å². The zero-order valence-electron chi connectivity index (χ0n) is 9.32. The van der Waals surface area contributed by atoms with Crippen molar-refractivity contribution in [1.82, 2.24) is 10.3 Å². The van der Waals surface area contributed by atoms with Crippen molar-refractivity contribution < 1.29 is 0 Å². The number of pyridine rings is 1. The molecule has 1 aromatic rings. The summed E-state index contributed by atoms with van der Waals surface area (Å²) in [6, 6.07) is 4.84. The van der Waals surface area contributed by atoms with Crippen molar-refractivity contribution in [1.29, 1.82) is 0 Å². The summed E-state index contributed by atoms with van der Waals surface area (Å²) in [6.45, 7) is 0.860. The highest BCUT2D eigenvalue weighted by Crippen LogP contribution is 2.17. The first-order valence-corrected chi connectivity index (χ1v) is 6.64. The molecule has 3 nitrogen and oxygen atoms in total. The number of rotatable bonds is 3. The number of aromatic nitrogens is 1. The Labute approximate surface area is 105 Å². The lowest BCUT2D eigenvalue weighted by Gasteiger charge is -2.29. The Kier molecular flexibility index (Phi) is 4.32. The van der Waals surface area contributed by atoms with Crippen molar-refractivity contribution in [3.8, 4) is 0 Å². The molecule has 1 aliphatic rings. The van der Waals surface area contributed by atoms with Crippen LogP contribution < -0.4 is 11.1 Å². The third-order valence-electron chi connectivity index (χ3n) is 3.18. The summed E-state index contributed by atoms with van der Waals surface area (Å²) in [4.78, 5) is 4.21. The first-order valence-electron chi connectivity index (χ1n) is 5.85.